The maximum Gasteiger partial charge on any atom is 0.193 e. The van der Waals surface area contributed by atoms with Gasteiger partial charge in [0.05, 0.1) is 0 Å². The molecule has 0 aromatic heterocycles. The molecule has 0 radical (unpaired) electrons. The highest BCUT2D eigenvalue weighted by Gasteiger charge is 2.38. The fraction of sp³-hybridized carbons (Fsp3) is 0.188. The van der Waals surface area contributed by atoms with Crippen molar-refractivity contribution in [2.75, 3.05) is 0 Å². The molecule has 3 aliphatic carbocycles. The lowest BCUT2D eigenvalue weighted by Gasteiger charge is -2.34. The van der Waals surface area contributed by atoms with Crippen LogP contribution in [-0.2, 0) is 16.2 Å². The van der Waals surface area contributed by atoms with E-state index in [1.54, 1.807) is 0 Å². The van der Waals surface area contributed by atoms with Crippen molar-refractivity contribution in [3.8, 4) is 0 Å². The smallest absolute Gasteiger partial charge is 0.193 e. The molecule has 252 valence electrons. The van der Waals surface area contributed by atoms with Gasteiger partial charge in [-0.1, -0.05) is 187 Å². The molecule has 0 saturated heterocycles. The minimum atomic E-state index is -0.0961. The average Bonchev–Trinajstić information content (AvgIpc) is 3.16. The van der Waals surface area contributed by atoms with Crippen molar-refractivity contribution < 1.29 is 14.4 Å². The Balaban J connectivity index is 0.000000119. The summed E-state index contributed by atoms with van der Waals surface area (Å²) >= 11 is 0. The molecule has 0 fully saturated rings. The van der Waals surface area contributed by atoms with E-state index in [4.69, 9.17) is 0 Å². The van der Waals surface area contributed by atoms with E-state index < -0.39 is 0 Å². The molecule has 3 nitrogen and oxygen atoms in total. The topological polar surface area (TPSA) is 51.2 Å². The molecule has 0 atom stereocenters. The quantitative estimate of drug-likeness (QED) is 0.162. The standard InChI is InChI=1S/3C16H14O/c3*1-16(2)13-9-5-3-7-11(13)15(17)12-8-4-6-10-14(12)16/h3*3-10H,1-2H3. The van der Waals surface area contributed by atoms with E-state index in [1.807, 2.05) is 109 Å². The number of carbonyl (C=O) groups is 3. The van der Waals surface area contributed by atoms with Crippen LogP contribution in [0.2, 0.25) is 0 Å². The van der Waals surface area contributed by atoms with Gasteiger partial charge in [-0.05, 0) is 33.4 Å². The van der Waals surface area contributed by atoms with E-state index in [1.165, 1.54) is 0 Å². The van der Waals surface area contributed by atoms with Crippen LogP contribution in [0.25, 0.3) is 0 Å². The third-order valence-electron chi connectivity index (χ3n) is 11.1. The minimum Gasteiger partial charge on any atom is -0.289 e. The van der Waals surface area contributed by atoms with Gasteiger partial charge in [0, 0.05) is 49.6 Å². The lowest BCUT2D eigenvalue weighted by molar-refractivity contribution is 0.102. The average molecular weight is 667 g/mol. The molecule has 0 heterocycles. The second-order valence-corrected chi connectivity index (χ2v) is 15.1. The van der Waals surface area contributed by atoms with Crippen LogP contribution in [-0.4, -0.2) is 17.3 Å². The summed E-state index contributed by atoms with van der Waals surface area (Å²) in [4.78, 5) is 37.2. The number of fused-ring (bicyclic) bond motifs is 6. The summed E-state index contributed by atoms with van der Waals surface area (Å²) in [5.74, 6) is 0.446. The molecule has 0 saturated carbocycles. The summed E-state index contributed by atoms with van der Waals surface area (Å²) in [5.41, 5.74) is 11.5. The highest BCUT2D eigenvalue weighted by molar-refractivity contribution is 6.14. The summed E-state index contributed by atoms with van der Waals surface area (Å²) in [6.45, 7) is 13.1. The molecular formula is C48H42O3. The van der Waals surface area contributed by atoms with Crippen LogP contribution in [0.1, 0.15) is 123 Å². The molecular weight excluding hydrogens is 625 g/mol. The summed E-state index contributed by atoms with van der Waals surface area (Å²) in [6.07, 6.45) is 0. The van der Waals surface area contributed by atoms with Crippen molar-refractivity contribution in [3.63, 3.8) is 0 Å². The fourth-order valence-corrected chi connectivity index (χ4v) is 8.23. The Morgan fingerprint density at radius 2 is 0.392 bits per heavy atom. The first-order valence-corrected chi connectivity index (χ1v) is 17.6. The highest BCUT2D eigenvalue weighted by atomic mass is 16.1. The minimum absolute atomic E-state index is 0.0961. The van der Waals surface area contributed by atoms with E-state index in [-0.39, 0.29) is 33.6 Å². The summed E-state index contributed by atoms with van der Waals surface area (Å²) < 4.78 is 0. The van der Waals surface area contributed by atoms with Crippen LogP contribution in [0.5, 0.6) is 0 Å². The molecule has 9 rings (SSSR count). The number of benzene rings is 6. The molecule has 0 aliphatic heterocycles. The highest BCUT2D eigenvalue weighted by Crippen LogP contribution is 2.43. The van der Waals surface area contributed by atoms with Crippen LogP contribution in [0, 0.1) is 0 Å². The number of rotatable bonds is 0. The molecule has 0 bridgehead atoms. The van der Waals surface area contributed by atoms with E-state index in [9.17, 15) is 14.4 Å². The first-order valence-electron chi connectivity index (χ1n) is 17.6. The molecule has 0 spiro atoms. The van der Waals surface area contributed by atoms with E-state index in [2.05, 4.69) is 77.9 Å². The Kier molecular flexibility index (Phi) is 8.34. The van der Waals surface area contributed by atoms with Crippen molar-refractivity contribution >= 4 is 17.3 Å². The zero-order valence-electron chi connectivity index (χ0n) is 30.1. The fourth-order valence-electron chi connectivity index (χ4n) is 8.23. The predicted molar refractivity (Wildman–Crippen MR) is 205 cm³/mol. The van der Waals surface area contributed by atoms with E-state index in [0.717, 1.165) is 66.8 Å². The molecule has 6 aromatic rings. The Hall–Kier alpha value is -5.67. The zero-order valence-corrected chi connectivity index (χ0v) is 30.1. The van der Waals surface area contributed by atoms with Crippen LogP contribution in [0.15, 0.2) is 146 Å². The van der Waals surface area contributed by atoms with Gasteiger partial charge in [-0.15, -0.1) is 0 Å². The second kappa shape index (κ2) is 12.6. The monoisotopic (exact) mass is 666 g/mol. The molecule has 0 amide bonds. The summed E-state index contributed by atoms with van der Waals surface area (Å²) in [7, 11) is 0. The Morgan fingerprint density at radius 3 is 0.549 bits per heavy atom. The van der Waals surface area contributed by atoms with Crippen molar-refractivity contribution in [2.24, 2.45) is 0 Å². The van der Waals surface area contributed by atoms with Gasteiger partial charge >= 0.3 is 0 Å². The first-order chi connectivity index (χ1) is 24.4. The van der Waals surface area contributed by atoms with Gasteiger partial charge in [-0.3, -0.25) is 14.4 Å². The Morgan fingerprint density at radius 1 is 0.255 bits per heavy atom. The third-order valence-corrected chi connectivity index (χ3v) is 11.1. The van der Waals surface area contributed by atoms with Gasteiger partial charge < -0.3 is 0 Å². The largest absolute Gasteiger partial charge is 0.289 e. The number of hydrogen-bond donors (Lipinski definition) is 0. The zero-order chi connectivity index (χ0) is 36.1. The van der Waals surface area contributed by atoms with Crippen LogP contribution in [0.4, 0.5) is 0 Å². The summed E-state index contributed by atoms with van der Waals surface area (Å²) in [5, 5.41) is 0. The second-order valence-electron chi connectivity index (χ2n) is 15.1. The molecule has 51 heavy (non-hydrogen) atoms. The lowest BCUT2D eigenvalue weighted by atomic mass is 9.68. The molecule has 0 unspecified atom stereocenters. The normalized spacial score (nSPS) is 16.2. The van der Waals surface area contributed by atoms with Crippen molar-refractivity contribution in [1.82, 2.24) is 0 Å². The van der Waals surface area contributed by atoms with Gasteiger partial charge in [0.2, 0.25) is 0 Å². The van der Waals surface area contributed by atoms with E-state index >= 15 is 0 Å². The maximum absolute atomic E-state index is 12.4. The van der Waals surface area contributed by atoms with Crippen LogP contribution in [0.3, 0.4) is 0 Å². The lowest BCUT2D eigenvalue weighted by Crippen LogP contribution is -2.30. The van der Waals surface area contributed by atoms with Crippen molar-refractivity contribution in [2.45, 2.75) is 57.8 Å². The number of ketones is 3. The van der Waals surface area contributed by atoms with Gasteiger partial charge in [0.15, 0.2) is 17.3 Å². The molecule has 6 aromatic carbocycles. The SMILES string of the molecule is CC1(C)c2ccccc2C(=O)c2ccccc21.CC1(C)c2ccccc2C(=O)c2ccccc21.CC1(C)c2ccccc2C(=O)c2ccccc21. The summed E-state index contributed by atoms with van der Waals surface area (Å²) in [6, 6.07) is 47.5. The molecule has 3 aliphatic rings. The number of hydrogen-bond acceptors (Lipinski definition) is 3. The third kappa shape index (κ3) is 5.49. The Labute approximate surface area is 301 Å². The van der Waals surface area contributed by atoms with Crippen LogP contribution < -0.4 is 0 Å². The van der Waals surface area contributed by atoms with Gasteiger partial charge in [0.1, 0.15) is 0 Å². The maximum atomic E-state index is 12.4. The van der Waals surface area contributed by atoms with Gasteiger partial charge in [0.25, 0.3) is 0 Å². The van der Waals surface area contributed by atoms with Crippen molar-refractivity contribution in [3.05, 3.63) is 212 Å². The first kappa shape index (κ1) is 33.8. The molecule has 0 N–H and O–H groups in total. The molecule has 3 heteroatoms. The Bertz CT molecular complexity index is 1930. The van der Waals surface area contributed by atoms with E-state index in [0.29, 0.717) is 0 Å². The van der Waals surface area contributed by atoms with Gasteiger partial charge in [-0.2, -0.15) is 0 Å². The number of carbonyl (C=O) groups excluding carboxylic acids is 3. The van der Waals surface area contributed by atoms with Crippen molar-refractivity contribution in [1.29, 1.82) is 0 Å². The van der Waals surface area contributed by atoms with Gasteiger partial charge in [-0.25, -0.2) is 0 Å². The van der Waals surface area contributed by atoms with Crippen LogP contribution >= 0.6 is 0 Å². The predicted octanol–water partition coefficient (Wildman–Crippen LogP) is 10.7.